The number of rotatable bonds is 5. The number of hydrogen-bond acceptors (Lipinski definition) is 3. The summed E-state index contributed by atoms with van der Waals surface area (Å²) in [7, 11) is 1.67. The van der Waals surface area contributed by atoms with Crippen LogP contribution < -0.4 is 4.74 Å². The fraction of sp³-hybridized carbons (Fsp3) is 0.250. The van der Waals surface area contributed by atoms with Gasteiger partial charge in [0.2, 0.25) is 0 Å². The minimum Gasteiger partial charge on any atom is -0.496 e. The fourth-order valence-corrected chi connectivity index (χ4v) is 2.99. The van der Waals surface area contributed by atoms with Crippen molar-refractivity contribution in [1.82, 2.24) is 0 Å². The van der Waals surface area contributed by atoms with E-state index in [1.807, 2.05) is 55.5 Å². The molecule has 0 heterocycles. The summed E-state index contributed by atoms with van der Waals surface area (Å²) in [5, 5.41) is 10.1. The summed E-state index contributed by atoms with van der Waals surface area (Å²) < 4.78 is 5.36. The quantitative estimate of drug-likeness (QED) is 0.882. The first-order valence-electron chi connectivity index (χ1n) is 6.34. The molecule has 2 aromatic rings. The van der Waals surface area contributed by atoms with Crippen LogP contribution >= 0.6 is 11.8 Å². The maximum absolute atomic E-state index is 10.1. The summed E-state index contributed by atoms with van der Waals surface area (Å²) in [6.07, 6.45) is 0.294. The van der Waals surface area contributed by atoms with Crippen LogP contribution in [0, 0.1) is 0 Å². The van der Waals surface area contributed by atoms with Crippen molar-refractivity contribution in [2.45, 2.75) is 29.2 Å². The molecule has 0 saturated heterocycles. The number of para-hydroxylation sites is 1. The first-order valence-corrected chi connectivity index (χ1v) is 7.15. The molecule has 0 radical (unpaired) electrons. The topological polar surface area (TPSA) is 29.5 Å². The van der Waals surface area contributed by atoms with Crippen molar-refractivity contribution in [1.29, 1.82) is 0 Å². The third-order valence-corrected chi connectivity index (χ3v) is 4.10. The van der Waals surface area contributed by atoms with E-state index < -0.39 is 6.10 Å². The summed E-state index contributed by atoms with van der Waals surface area (Å²) in [5.74, 6) is 0.855. The van der Waals surface area contributed by atoms with Gasteiger partial charge in [0.05, 0.1) is 18.1 Å². The van der Waals surface area contributed by atoms with E-state index >= 15 is 0 Å². The second-order valence-corrected chi connectivity index (χ2v) is 5.30. The monoisotopic (exact) mass is 274 g/mol. The number of methoxy groups -OCH3 is 1. The minimum absolute atomic E-state index is 0.418. The van der Waals surface area contributed by atoms with Gasteiger partial charge in [-0.1, -0.05) is 49.0 Å². The van der Waals surface area contributed by atoms with Crippen LogP contribution in [-0.4, -0.2) is 12.2 Å². The highest BCUT2D eigenvalue weighted by Gasteiger charge is 2.12. The molecule has 1 N–H and O–H groups in total. The van der Waals surface area contributed by atoms with Gasteiger partial charge in [-0.25, -0.2) is 0 Å². The van der Waals surface area contributed by atoms with Crippen molar-refractivity contribution < 1.29 is 9.84 Å². The molecular formula is C16H18O2S. The van der Waals surface area contributed by atoms with Crippen molar-refractivity contribution in [3.05, 3.63) is 54.1 Å². The Labute approximate surface area is 118 Å². The Morgan fingerprint density at radius 2 is 1.68 bits per heavy atom. The van der Waals surface area contributed by atoms with Crippen LogP contribution in [0.3, 0.4) is 0 Å². The predicted octanol–water partition coefficient (Wildman–Crippen LogP) is 4.29. The average molecular weight is 274 g/mol. The molecule has 2 rings (SSSR count). The Hall–Kier alpha value is -1.45. The van der Waals surface area contributed by atoms with Crippen LogP contribution in [0.5, 0.6) is 5.75 Å². The zero-order valence-corrected chi connectivity index (χ0v) is 12.0. The second-order valence-electron chi connectivity index (χ2n) is 4.21. The molecule has 19 heavy (non-hydrogen) atoms. The first kappa shape index (κ1) is 14.0. The van der Waals surface area contributed by atoms with Crippen LogP contribution in [0.25, 0.3) is 0 Å². The van der Waals surface area contributed by atoms with Gasteiger partial charge >= 0.3 is 0 Å². The Morgan fingerprint density at radius 1 is 1.05 bits per heavy atom. The molecular weight excluding hydrogens is 256 g/mol. The molecule has 1 unspecified atom stereocenters. The Bertz CT molecular complexity index is 540. The fourth-order valence-electron chi connectivity index (χ4n) is 1.89. The number of aliphatic hydroxyl groups is 1. The summed E-state index contributed by atoms with van der Waals surface area (Å²) in [4.78, 5) is 2.13. The van der Waals surface area contributed by atoms with Crippen molar-refractivity contribution in [2.75, 3.05) is 7.11 Å². The normalized spacial score (nSPS) is 12.2. The van der Waals surface area contributed by atoms with Gasteiger partial charge in [0.25, 0.3) is 0 Å². The lowest BCUT2D eigenvalue weighted by atomic mass is 10.1. The molecule has 100 valence electrons. The highest BCUT2D eigenvalue weighted by Crippen LogP contribution is 2.38. The number of benzene rings is 2. The molecule has 0 aliphatic carbocycles. The smallest absolute Gasteiger partial charge is 0.132 e. The van der Waals surface area contributed by atoms with Gasteiger partial charge in [-0.05, 0) is 30.2 Å². The minimum atomic E-state index is -0.418. The van der Waals surface area contributed by atoms with Crippen LogP contribution in [0.1, 0.15) is 25.0 Å². The molecule has 0 spiro atoms. The van der Waals surface area contributed by atoms with E-state index in [1.54, 1.807) is 18.9 Å². The standard InChI is InChI=1S/C16H18O2S/c1-3-13(17)12-8-4-6-10-15(12)19-16-11-7-5-9-14(16)18-2/h4-11,13,17H,3H2,1-2H3. The van der Waals surface area contributed by atoms with Gasteiger partial charge in [0.1, 0.15) is 5.75 Å². The van der Waals surface area contributed by atoms with Gasteiger partial charge in [-0.2, -0.15) is 0 Å². The SMILES string of the molecule is CCC(O)c1ccccc1Sc1ccccc1OC. The zero-order chi connectivity index (χ0) is 13.7. The van der Waals surface area contributed by atoms with E-state index in [9.17, 15) is 5.11 Å². The highest BCUT2D eigenvalue weighted by atomic mass is 32.2. The van der Waals surface area contributed by atoms with Crippen LogP contribution in [-0.2, 0) is 0 Å². The molecule has 0 aromatic heterocycles. The lowest BCUT2D eigenvalue weighted by molar-refractivity contribution is 0.171. The van der Waals surface area contributed by atoms with Gasteiger partial charge < -0.3 is 9.84 Å². The van der Waals surface area contributed by atoms with E-state index in [-0.39, 0.29) is 0 Å². The lowest BCUT2D eigenvalue weighted by Crippen LogP contribution is -1.97. The summed E-state index contributed by atoms with van der Waals surface area (Å²) >= 11 is 1.62. The number of hydrogen-bond donors (Lipinski definition) is 1. The van der Waals surface area contributed by atoms with E-state index in [0.717, 1.165) is 21.1 Å². The van der Waals surface area contributed by atoms with Crippen molar-refractivity contribution in [3.8, 4) is 5.75 Å². The van der Waals surface area contributed by atoms with E-state index in [4.69, 9.17) is 4.74 Å². The van der Waals surface area contributed by atoms with Crippen LogP contribution in [0.4, 0.5) is 0 Å². The number of ether oxygens (including phenoxy) is 1. The molecule has 3 heteroatoms. The lowest BCUT2D eigenvalue weighted by Gasteiger charge is -2.14. The second kappa shape index (κ2) is 6.64. The van der Waals surface area contributed by atoms with Gasteiger partial charge in [-0.3, -0.25) is 0 Å². The maximum atomic E-state index is 10.1. The molecule has 0 fully saturated rings. The Morgan fingerprint density at radius 3 is 2.37 bits per heavy atom. The van der Waals surface area contributed by atoms with Gasteiger partial charge in [0.15, 0.2) is 0 Å². The van der Waals surface area contributed by atoms with Crippen molar-refractivity contribution in [2.24, 2.45) is 0 Å². The summed E-state index contributed by atoms with van der Waals surface area (Å²) in [5.41, 5.74) is 0.973. The zero-order valence-electron chi connectivity index (χ0n) is 11.2. The highest BCUT2D eigenvalue weighted by molar-refractivity contribution is 7.99. The molecule has 0 bridgehead atoms. The number of aliphatic hydroxyl groups excluding tert-OH is 1. The Kier molecular flexibility index (Phi) is 4.88. The van der Waals surface area contributed by atoms with Crippen LogP contribution in [0.15, 0.2) is 58.3 Å². The van der Waals surface area contributed by atoms with E-state index in [0.29, 0.717) is 6.42 Å². The van der Waals surface area contributed by atoms with Crippen molar-refractivity contribution in [3.63, 3.8) is 0 Å². The van der Waals surface area contributed by atoms with E-state index in [1.165, 1.54) is 0 Å². The maximum Gasteiger partial charge on any atom is 0.132 e. The molecule has 0 aliphatic heterocycles. The Balaban J connectivity index is 2.33. The molecule has 0 amide bonds. The third kappa shape index (κ3) is 3.31. The van der Waals surface area contributed by atoms with E-state index in [2.05, 4.69) is 0 Å². The third-order valence-electron chi connectivity index (χ3n) is 2.95. The van der Waals surface area contributed by atoms with Crippen molar-refractivity contribution >= 4 is 11.8 Å². The predicted molar refractivity (Wildman–Crippen MR) is 78.8 cm³/mol. The average Bonchev–Trinajstić information content (AvgIpc) is 2.47. The van der Waals surface area contributed by atoms with Gasteiger partial charge in [-0.15, -0.1) is 0 Å². The molecule has 2 aromatic carbocycles. The first-order chi connectivity index (χ1) is 9.26. The largest absolute Gasteiger partial charge is 0.496 e. The molecule has 0 aliphatic rings. The summed E-state index contributed by atoms with van der Waals surface area (Å²) in [6, 6.07) is 15.9. The van der Waals surface area contributed by atoms with Gasteiger partial charge in [0, 0.05) is 4.90 Å². The van der Waals surface area contributed by atoms with Crippen LogP contribution in [0.2, 0.25) is 0 Å². The summed E-state index contributed by atoms with van der Waals surface area (Å²) in [6.45, 7) is 1.98. The molecule has 2 nitrogen and oxygen atoms in total. The molecule has 0 saturated carbocycles. The molecule has 1 atom stereocenters.